The average molecular weight is 435 g/mol. The van der Waals surface area contributed by atoms with Crippen LogP contribution in [0.2, 0.25) is 0 Å². The Hall–Kier alpha value is -4.59. The highest BCUT2D eigenvalue weighted by molar-refractivity contribution is 5.79. The van der Waals surface area contributed by atoms with Gasteiger partial charge in [0, 0.05) is 5.56 Å². The Labute approximate surface area is 190 Å². The predicted molar refractivity (Wildman–Crippen MR) is 128 cm³/mol. The number of aromatic amines is 1. The quantitative estimate of drug-likeness (QED) is 0.280. The molecule has 5 aromatic rings. The van der Waals surface area contributed by atoms with Gasteiger partial charge in [0.2, 0.25) is 5.82 Å². The normalized spacial score (nSPS) is 11.7. The molecule has 8 nitrogen and oxygen atoms in total. The van der Waals surface area contributed by atoms with Gasteiger partial charge in [0.15, 0.2) is 11.3 Å². The smallest absolute Gasteiger partial charge is 0.202 e. The minimum atomic E-state index is 0.580. The summed E-state index contributed by atoms with van der Waals surface area (Å²) in [7, 11) is 1.63. The van der Waals surface area contributed by atoms with Crippen molar-refractivity contribution >= 4 is 28.5 Å². The van der Waals surface area contributed by atoms with Gasteiger partial charge in [-0.2, -0.15) is 5.11 Å². The zero-order chi connectivity index (χ0) is 22.6. The van der Waals surface area contributed by atoms with Crippen molar-refractivity contribution in [2.24, 2.45) is 20.5 Å². The number of azo groups is 2. The highest BCUT2D eigenvalue weighted by Crippen LogP contribution is 2.37. The molecule has 0 aliphatic rings. The molecule has 2 aromatic heterocycles. The molecule has 0 bridgehead atoms. The van der Waals surface area contributed by atoms with E-state index in [9.17, 15) is 0 Å². The van der Waals surface area contributed by atoms with Crippen LogP contribution in [0.5, 0.6) is 5.75 Å². The third-order valence-corrected chi connectivity index (χ3v) is 5.10. The molecular formula is C25H21N7O. The number of aryl methyl sites for hydroxylation is 1. The number of benzene rings is 3. The molecule has 8 heteroatoms. The highest BCUT2D eigenvalue weighted by Gasteiger charge is 2.20. The van der Waals surface area contributed by atoms with Gasteiger partial charge in [-0.05, 0) is 43.3 Å². The summed E-state index contributed by atoms with van der Waals surface area (Å²) >= 11 is 0. The molecule has 0 unspecified atom stereocenters. The lowest BCUT2D eigenvalue weighted by molar-refractivity contribution is 0.415. The fraction of sp³-hybridized carbons (Fsp3) is 0.0800. The van der Waals surface area contributed by atoms with Gasteiger partial charge in [-0.25, -0.2) is 9.50 Å². The number of aromatic nitrogens is 3. The van der Waals surface area contributed by atoms with Crippen LogP contribution in [-0.4, -0.2) is 21.7 Å². The summed E-state index contributed by atoms with van der Waals surface area (Å²) in [6.45, 7) is 1.93. The van der Waals surface area contributed by atoms with E-state index >= 15 is 0 Å². The molecule has 3 aromatic carbocycles. The van der Waals surface area contributed by atoms with Crippen LogP contribution in [0.1, 0.15) is 5.69 Å². The van der Waals surface area contributed by atoms with Crippen molar-refractivity contribution in [3.8, 4) is 17.0 Å². The number of nitrogens with zero attached hydrogens (tertiary/aromatic N) is 6. The van der Waals surface area contributed by atoms with Crippen LogP contribution in [0.25, 0.3) is 16.9 Å². The van der Waals surface area contributed by atoms with E-state index in [1.807, 2.05) is 91.9 Å². The van der Waals surface area contributed by atoms with Crippen molar-refractivity contribution < 1.29 is 4.74 Å². The molecule has 0 atom stereocenters. The van der Waals surface area contributed by atoms with Crippen molar-refractivity contribution in [3.63, 3.8) is 0 Å². The number of imidazole rings is 1. The number of hydrogen-bond donors (Lipinski definition) is 1. The lowest BCUT2D eigenvalue weighted by Crippen LogP contribution is -1.84. The van der Waals surface area contributed by atoms with E-state index in [2.05, 4.69) is 25.6 Å². The van der Waals surface area contributed by atoms with Gasteiger partial charge >= 0.3 is 0 Å². The predicted octanol–water partition coefficient (Wildman–Crippen LogP) is 7.48. The van der Waals surface area contributed by atoms with E-state index in [4.69, 9.17) is 9.72 Å². The van der Waals surface area contributed by atoms with E-state index in [0.29, 0.717) is 28.5 Å². The molecule has 33 heavy (non-hydrogen) atoms. The molecule has 0 saturated carbocycles. The summed E-state index contributed by atoms with van der Waals surface area (Å²) in [6.07, 6.45) is 0. The van der Waals surface area contributed by atoms with Crippen LogP contribution in [0.15, 0.2) is 105 Å². The second kappa shape index (κ2) is 8.88. The molecule has 162 valence electrons. The Kier molecular flexibility index (Phi) is 5.47. The number of H-pyrrole nitrogens is 1. The minimum absolute atomic E-state index is 0.580. The fourth-order valence-corrected chi connectivity index (χ4v) is 3.42. The maximum absolute atomic E-state index is 5.21. The van der Waals surface area contributed by atoms with Crippen molar-refractivity contribution in [3.05, 3.63) is 90.6 Å². The molecule has 0 saturated heterocycles. The van der Waals surface area contributed by atoms with Gasteiger partial charge in [0.1, 0.15) is 11.4 Å². The zero-order valence-electron chi connectivity index (χ0n) is 18.2. The Balaban J connectivity index is 1.61. The first kappa shape index (κ1) is 20.3. The first-order valence-electron chi connectivity index (χ1n) is 10.4. The molecule has 5 rings (SSSR count). The van der Waals surface area contributed by atoms with Crippen LogP contribution < -0.4 is 4.74 Å². The molecule has 0 amide bonds. The van der Waals surface area contributed by atoms with Crippen LogP contribution >= 0.6 is 0 Å². The monoisotopic (exact) mass is 435 g/mol. The maximum Gasteiger partial charge on any atom is 0.202 e. The van der Waals surface area contributed by atoms with Crippen molar-refractivity contribution in [2.75, 3.05) is 7.11 Å². The maximum atomic E-state index is 5.21. The minimum Gasteiger partial charge on any atom is -0.497 e. The number of ether oxygens (including phenoxy) is 1. The first-order valence-corrected chi connectivity index (χ1v) is 10.4. The van der Waals surface area contributed by atoms with Gasteiger partial charge < -0.3 is 4.74 Å². The molecule has 0 fully saturated rings. The summed E-state index contributed by atoms with van der Waals surface area (Å²) in [5.41, 5.74) is 5.23. The molecular weight excluding hydrogens is 414 g/mol. The molecule has 0 aliphatic heterocycles. The highest BCUT2D eigenvalue weighted by atomic mass is 16.5. The van der Waals surface area contributed by atoms with Crippen LogP contribution in [0, 0.1) is 6.92 Å². The largest absolute Gasteiger partial charge is 0.497 e. The topological polar surface area (TPSA) is 91.8 Å². The Morgan fingerprint density at radius 3 is 2.09 bits per heavy atom. The average Bonchev–Trinajstić information content (AvgIpc) is 3.37. The molecule has 0 radical (unpaired) electrons. The second-order valence-electron chi connectivity index (χ2n) is 7.33. The van der Waals surface area contributed by atoms with E-state index in [-0.39, 0.29) is 0 Å². The molecule has 0 aliphatic carbocycles. The Bertz CT molecular complexity index is 1430. The summed E-state index contributed by atoms with van der Waals surface area (Å²) in [5, 5.41) is 21.1. The summed E-state index contributed by atoms with van der Waals surface area (Å²) in [6, 6.07) is 26.9. The second-order valence-corrected chi connectivity index (χ2v) is 7.33. The number of nitrogens with one attached hydrogen (secondary N) is 1. The lowest BCUT2D eigenvalue weighted by atomic mass is 10.1. The van der Waals surface area contributed by atoms with Crippen LogP contribution in [0.4, 0.5) is 22.9 Å². The fourth-order valence-electron chi connectivity index (χ4n) is 3.42. The van der Waals surface area contributed by atoms with E-state index in [1.165, 1.54) is 0 Å². The Morgan fingerprint density at radius 1 is 0.758 bits per heavy atom. The van der Waals surface area contributed by atoms with Gasteiger partial charge in [0.05, 0.1) is 24.2 Å². The van der Waals surface area contributed by atoms with Gasteiger partial charge in [-0.3, -0.25) is 5.10 Å². The molecule has 1 N–H and O–H groups in total. The lowest BCUT2D eigenvalue weighted by Gasteiger charge is -2.00. The number of methoxy groups -OCH3 is 1. The van der Waals surface area contributed by atoms with Gasteiger partial charge in [-0.1, -0.05) is 48.5 Å². The van der Waals surface area contributed by atoms with Crippen molar-refractivity contribution in [2.45, 2.75) is 6.92 Å². The SMILES string of the molecule is COc1ccc(N=Nc2c(-c3ccccc3)nc3c(N=Nc4ccccc4)c(C)[nH]n23)cc1. The van der Waals surface area contributed by atoms with E-state index in [0.717, 1.165) is 22.7 Å². The van der Waals surface area contributed by atoms with Crippen LogP contribution in [0.3, 0.4) is 0 Å². The third-order valence-electron chi connectivity index (χ3n) is 5.10. The first-order chi connectivity index (χ1) is 16.2. The Morgan fingerprint density at radius 2 is 1.39 bits per heavy atom. The molecule has 2 heterocycles. The van der Waals surface area contributed by atoms with Gasteiger partial charge in [0.25, 0.3) is 0 Å². The third kappa shape index (κ3) is 4.14. The zero-order valence-corrected chi connectivity index (χ0v) is 18.2. The van der Waals surface area contributed by atoms with Crippen LogP contribution in [-0.2, 0) is 0 Å². The summed E-state index contributed by atoms with van der Waals surface area (Å²) < 4.78 is 7.01. The van der Waals surface area contributed by atoms with E-state index < -0.39 is 0 Å². The summed E-state index contributed by atoms with van der Waals surface area (Å²) in [4.78, 5) is 4.86. The number of fused-ring (bicyclic) bond motifs is 1. The van der Waals surface area contributed by atoms with Gasteiger partial charge in [-0.15, -0.1) is 15.3 Å². The van der Waals surface area contributed by atoms with E-state index in [1.54, 1.807) is 11.6 Å². The molecule has 0 spiro atoms. The van der Waals surface area contributed by atoms with Crippen molar-refractivity contribution in [1.82, 2.24) is 14.6 Å². The number of rotatable bonds is 6. The number of hydrogen-bond acceptors (Lipinski definition) is 6. The standard InChI is InChI=1S/C25H21N7O/c1-17-22(29-27-19-11-7-4-8-12-19)24-26-23(18-9-5-3-6-10-18)25(32(24)31-17)30-28-20-13-15-21(33-2)16-14-20/h3-16,31H,1-2H3. The summed E-state index contributed by atoms with van der Waals surface area (Å²) in [5.74, 6) is 1.34. The van der Waals surface area contributed by atoms with Crippen molar-refractivity contribution in [1.29, 1.82) is 0 Å².